The Kier molecular flexibility index (Phi) is 3.44. The van der Waals surface area contributed by atoms with Crippen molar-refractivity contribution in [1.82, 2.24) is 4.98 Å². The van der Waals surface area contributed by atoms with Crippen LogP contribution in [0.1, 0.15) is 16.0 Å². The minimum atomic E-state index is -4.46. The first kappa shape index (κ1) is 13.4. The third kappa shape index (κ3) is 3.03. The van der Waals surface area contributed by atoms with E-state index in [1.807, 2.05) is 6.92 Å². The molecule has 3 nitrogen and oxygen atoms in total. The van der Waals surface area contributed by atoms with Gasteiger partial charge in [-0.25, -0.2) is 4.98 Å². The number of benzene rings is 1. The Balaban J connectivity index is 2.34. The maximum Gasteiger partial charge on any atom is 0.416 e. The van der Waals surface area contributed by atoms with Crippen LogP contribution in [-0.2, 0) is 6.18 Å². The average Bonchev–Trinajstić information content (AvgIpc) is 2.74. The summed E-state index contributed by atoms with van der Waals surface area (Å²) in [5, 5.41) is 12.3. The Labute approximate surface area is 111 Å². The van der Waals surface area contributed by atoms with Crippen LogP contribution in [0.3, 0.4) is 0 Å². The highest BCUT2D eigenvalue weighted by Gasteiger charge is 2.31. The normalized spacial score (nSPS) is 11.1. The number of thiazole rings is 1. The van der Waals surface area contributed by atoms with Gasteiger partial charge in [-0.1, -0.05) is 0 Å². The lowest BCUT2D eigenvalue weighted by atomic mass is 10.1. The smallest absolute Gasteiger partial charge is 0.330 e. The Morgan fingerprint density at radius 3 is 2.63 bits per heavy atom. The molecule has 1 N–H and O–H groups in total. The highest BCUT2D eigenvalue weighted by atomic mass is 32.1. The zero-order chi connectivity index (χ0) is 14.0. The van der Waals surface area contributed by atoms with Crippen molar-refractivity contribution in [3.8, 4) is 6.07 Å². The van der Waals surface area contributed by atoms with E-state index < -0.39 is 11.7 Å². The molecular formula is C12H8F3N3S. The van der Waals surface area contributed by atoms with E-state index in [9.17, 15) is 13.2 Å². The van der Waals surface area contributed by atoms with E-state index in [0.717, 1.165) is 17.0 Å². The summed E-state index contributed by atoms with van der Waals surface area (Å²) in [6.45, 7) is 1.86. The number of nitriles is 1. The van der Waals surface area contributed by atoms with Gasteiger partial charge >= 0.3 is 6.18 Å². The van der Waals surface area contributed by atoms with Crippen LogP contribution in [0.4, 0.5) is 24.0 Å². The summed E-state index contributed by atoms with van der Waals surface area (Å²) in [5.41, 5.74) is -0.600. The summed E-state index contributed by atoms with van der Waals surface area (Å²) in [5.74, 6) is 0. The zero-order valence-corrected chi connectivity index (χ0v) is 10.6. The molecule has 98 valence electrons. The van der Waals surface area contributed by atoms with Gasteiger partial charge in [0.25, 0.3) is 0 Å². The molecule has 0 radical (unpaired) electrons. The van der Waals surface area contributed by atoms with E-state index in [0.29, 0.717) is 10.8 Å². The molecule has 0 saturated heterocycles. The number of aryl methyl sites for hydroxylation is 1. The van der Waals surface area contributed by atoms with Gasteiger partial charge in [-0.3, -0.25) is 0 Å². The standard InChI is InChI=1S/C12H8F3N3S/c1-7-6-17-11(19-7)18-10-3-2-9(12(13,14)15)4-8(10)5-16/h2-4,6H,1H3,(H,17,18). The van der Waals surface area contributed by atoms with Crippen LogP contribution in [-0.4, -0.2) is 4.98 Å². The van der Waals surface area contributed by atoms with Crippen LogP contribution in [0.15, 0.2) is 24.4 Å². The Morgan fingerprint density at radius 1 is 1.37 bits per heavy atom. The minimum absolute atomic E-state index is 0.0670. The fourth-order valence-corrected chi connectivity index (χ4v) is 2.13. The van der Waals surface area contributed by atoms with E-state index in [-0.39, 0.29) is 5.56 Å². The lowest BCUT2D eigenvalue weighted by Gasteiger charge is -2.10. The molecule has 0 unspecified atom stereocenters. The van der Waals surface area contributed by atoms with E-state index >= 15 is 0 Å². The van der Waals surface area contributed by atoms with Crippen LogP contribution in [0.2, 0.25) is 0 Å². The van der Waals surface area contributed by atoms with Crippen LogP contribution < -0.4 is 5.32 Å². The Hall–Kier alpha value is -2.07. The molecule has 0 atom stereocenters. The fraction of sp³-hybridized carbons (Fsp3) is 0.167. The quantitative estimate of drug-likeness (QED) is 0.903. The summed E-state index contributed by atoms with van der Waals surface area (Å²) >= 11 is 1.36. The van der Waals surface area contributed by atoms with Crippen molar-refractivity contribution in [2.45, 2.75) is 13.1 Å². The molecule has 0 fully saturated rings. The number of anilines is 2. The highest BCUT2D eigenvalue weighted by molar-refractivity contribution is 7.15. The second-order valence-electron chi connectivity index (χ2n) is 3.77. The zero-order valence-electron chi connectivity index (χ0n) is 9.75. The molecule has 0 amide bonds. The number of hydrogen-bond donors (Lipinski definition) is 1. The number of hydrogen-bond acceptors (Lipinski definition) is 4. The maximum atomic E-state index is 12.5. The number of halogens is 3. The first-order chi connectivity index (χ1) is 8.90. The molecule has 0 aliphatic carbocycles. The van der Waals surface area contributed by atoms with Crippen molar-refractivity contribution in [3.05, 3.63) is 40.4 Å². The molecule has 1 aromatic heterocycles. The van der Waals surface area contributed by atoms with Crippen LogP contribution in [0.5, 0.6) is 0 Å². The molecule has 19 heavy (non-hydrogen) atoms. The molecule has 1 heterocycles. The minimum Gasteiger partial charge on any atom is -0.330 e. The van der Waals surface area contributed by atoms with Gasteiger partial charge in [0.05, 0.1) is 16.8 Å². The van der Waals surface area contributed by atoms with Gasteiger partial charge in [-0.15, -0.1) is 11.3 Å². The van der Waals surface area contributed by atoms with Crippen molar-refractivity contribution in [3.63, 3.8) is 0 Å². The maximum absolute atomic E-state index is 12.5. The van der Waals surface area contributed by atoms with Gasteiger partial charge in [0.2, 0.25) is 0 Å². The number of alkyl halides is 3. The van der Waals surface area contributed by atoms with Crippen molar-refractivity contribution < 1.29 is 13.2 Å². The second-order valence-corrected chi connectivity index (χ2v) is 5.01. The second kappa shape index (κ2) is 4.90. The molecule has 0 aliphatic rings. The number of nitrogens with one attached hydrogen (secondary N) is 1. The van der Waals surface area contributed by atoms with Crippen LogP contribution in [0, 0.1) is 18.3 Å². The lowest BCUT2D eigenvalue weighted by Crippen LogP contribution is -2.06. The number of nitrogens with zero attached hydrogens (tertiary/aromatic N) is 2. The molecular weight excluding hydrogens is 275 g/mol. The lowest BCUT2D eigenvalue weighted by molar-refractivity contribution is -0.137. The molecule has 2 rings (SSSR count). The van der Waals surface area contributed by atoms with Crippen molar-refractivity contribution in [2.24, 2.45) is 0 Å². The summed E-state index contributed by atoms with van der Waals surface area (Å²) < 4.78 is 37.6. The van der Waals surface area contributed by atoms with E-state index in [2.05, 4.69) is 10.3 Å². The van der Waals surface area contributed by atoms with E-state index in [4.69, 9.17) is 5.26 Å². The van der Waals surface area contributed by atoms with Gasteiger partial charge in [0.15, 0.2) is 5.13 Å². The van der Waals surface area contributed by atoms with Crippen LogP contribution in [0.25, 0.3) is 0 Å². The van der Waals surface area contributed by atoms with Gasteiger partial charge in [-0.05, 0) is 25.1 Å². The van der Waals surface area contributed by atoms with Gasteiger partial charge < -0.3 is 5.32 Å². The number of rotatable bonds is 2. The predicted molar refractivity (Wildman–Crippen MR) is 66.3 cm³/mol. The average molecular weight is 283 g/mol. The predicted octanol–water partition coefficient (Wildman–Crippen LogP) is 4.09. The van der Waals surface area contributed by atoms with Crippen molar-refractivity contribution in [2.75, 3.05) is 5.32 Å². The van der Waals surface area contributed by atoms with Gasteiger partial charge in [0, 0.05) is 11.1 Å². The fourth-order valence-electron chi connectivity index (χ4n) is 1.45. The van der Waals surface area contributed by atoms with Crippen molar-refractivity contribution >= 4 is 22.2 Å². The Bertz CT molecular complexity index is 640. The molecule has 0 aliphatic heterocycles. The van der Waals surface area contributed by atoms with Crippen molar-refractivity contribution in [1.29, 1.82) is 5.26 Å². The van der Waals surface area contributed by atoms with Crippen LogP contribution >= 0.6 is 11.3 Å². The monoisotopic (exact) mass is 283 g/mol. The molecule has 2 aromatic rings. The molecule has 0 spiro atoms. The third-order valence-electron chi connectivity index (χ3n) is 2.33. The highest BCUT2D eigenvalue weighted by Crippen LogP contribution is 2.32. The molecule has 7 heteroatoms. The van der Waals surface area contributed by atoms with E-state index in [1.165, 1.54) is 17.4 Å². The summed E-state index contributed by atoms with van der Waals surface area (Å²) in [7, 11) is 0. The van der Waals surface area contributed by atoms with Gasteiger partial charge in [-0.2, -0.15) is 18.4 Å². The molecule has 1 aromatic carbocycles. The number of aromatic nitrogens is 1. The SMILES string of the molecule is Cc1cnc(Nc2ccc(C(F)(F)F)cc2C#N)s1. The first-order valence-electron chi connectivity index (χ1n) is 5.21. The summed E-state index contributed by atoms with van der Waals surface area (Å²) in [6, 6.07) is 4.74. The van der Waals surface area contributed by atoms with Gasteiger partial charge in [0.1, 0.15) is 6.07 Å². The summed E-state index contributed by atoms with van der Waals surface area (Å²) in [6.07, 6.45) is -2.81. The molecule has 0 bridgehead atoms. The topological polar surface area (TPSA) is 48.7 Å². The summed E-state index contributed by atoms with van der Waals surface area (Å²) in [4.78, 5) is 5.00. The first-order valence-corrected chi connectivity index (χ1v) is 6.02. The van der Waals surface area contributed by atoms with E-state index in [1.54, 1.807) is 12.3 Å². The Morgan fingerprint density at radius 2 is 2.11 bits per heavy atom. The molecule has 0 saturated carbocycles. The largest absolute Gasteiger partial charge is 0.416 e. The third-order valence-corrected chi connectivity index (χ3v) is 3.16.